The van der Waals surface area contributed by atoms with Gasteiger partial charge in [0.2, 0.25) is 0 Å². The molecule has 0 amide bonds. The van der Waals surface area contributed by atoms with Crippen molar-refractivity contribution in [3.63, 3.8) is 0 Å². The van der Waals surface area contributed by atoms with Crippen LogP contribution in [0.25, 0.3) is 17.3 Å². The van der Waals surface area contributed by atoms with Gasteiger partial charge in [0.1, 0.15) is 5.82 Å². The van der Waals surface area contributed by atoms with Crippen LogP contribution in [-0.4, -0.2) is 28.1 Å². The lowest BCUT2D eigenvalue weighted by molar-refractivity contribution is -0.136. The number of ether oxygens (including phenoxy) is 1. The van der Waals surface area contributed by atoms with Crippen molar-refractivity contribution in [3.05, 3.63) is 83.8 Å². The number of nitrogens with zero attached hydrogens (tertiary/aromatic N) is 3. The van der Waals surface area contributed by atoms with Crippen molar-refractivity contribution < 1.29 is 18.7 Å². The van der Waals surface area contributed by atoms with Gasteiger partial charge in [-0.05, 0) is 30.3 Å². The van der Waals surface area contributed by atoms with E-state index in [-0.39, 0.29) is 24.6 Å². The highest BCUT2D eigenvalue weighted by molar-refractivity contribution is 5.99. The average Bonchev–Trinajstić information content (AvgIpc) is 3.18. The summed E-state index contributed by atoms with van der Waals surface area (Å²) in [7, 11) is 0. The molecule has 0 fully saturated rings. The van der Waals surface area contributed by atoms with Crippen molar-refractivity contribution in [1.29, 1.82) is 5.26 Å². The van der Waals surface area contributed by atoms with Crippen LogP contribution in [0.15, 0.2) is 66.9 Å². The molecular weight excluding hydrogens is 385 g/mol. The van der Waals surface area contributed by atoms with Crippen LogP contribution in [-0.2, 0) is 16.1 Å². The van der Waals surface area contributed by atoms with Crippen LogP contribution >= 0.6 is 0 Å². The number of nitriles is 1. The molecule has 0 radical (unpaired) electrons. The van der Waals surface area contributed by atoms with E-state index in [1.807, 2.05) is 6.07 Å². The van der Waals surface area contributed by atoms with Gasteiger partial charge in [-0.25, -0.2) is 9.18 Å². The van der Waals surface area contributed by atoms with Gasteiger partial charge in [0, 0.05) is 29.0 Å². The minimum Gasteiger partial charge on any atom is -0.454 e. The zero-order valence-corrected chi connectivity index (χ0v) is 16.0. The fourth-order valence-corrected chi connectivity index (χ4v) is 2.72. The molecule has 150 valence electrons. The van der Waals surface area contributed by atoms with Crippen molar-refractivity contribution in [1.82, 2.24) is 9.78 Å². The molecule has 3 rings (SSSR count). The van der Waals surface area contributed by atoms with Gasteiger partial charge in [-0.2, -0.15) is 10.4 Å². The van der Waals surface area contributed by atoms with E-state index in [4.69, 9.17) is 10.00 Å². The highest BCUT2D eigenvalue weighted by Crippen LogP contribution is 2.24. The van der Waals surface area contributed by atoms with Crippen LogP contribution < -0.4 is 0 Å². The number of aryl methyl sites for hydroxylation is 1. The second-order valence-electron chi connectivity index (χ2n) is 6.34. The molecule has 0 saturated heterocycles. The van der Waals surface area contributed by atoms with Crippen molar-refractivity contribution in [2.24, 2.45) is 0 Å². The van der Waals surface area contributed by atoms with Gasteiger partial charge in [-0.1, -0.05) is 30.3 Å². The molecule has 7 heteroatoms. The van der Waals surface area contributed by atoms with Gasteiger partial charge in [-0.3, -0.25) is 9.48 Å². The Morgan fingerprint density at radius 2 is 1.87 bits per heavy atom. The third kappa shape index (κ3) is 5.49. The molecule has 3 aromatic rings. The van der Waals surface area contributed by atoms with Gasteiger partial charge in [-0.15, -0.1) is 0 Å². The first-order valence-electron chi connectivity index (χ1n) is 9.20. The Balaban J connectivity index is 1.72. The average molecular weight is 403 g/mol. The number of benzene rings is 2. The maximum absolute atomic E-state index is 13.2. The smallest absolute Gasteiger partial charge is 0.331 e. The topological polar surface area (TPSA) is 85.0 Å². The first-order chi connectivity index (χ1) is 14.6. The number of hydrogen-bond donors (Lipinski definition) is 0. The molecule has 0 aliphatic rings. The molecular formula is C23H18FN3O3. The summed E-state index contributed by atoms with van der Waals surface area (Å²) in [4.78, 5) is 24.1. The Hall–Kier alpha value is -4.05. The monoisotopic (exact) mass is 403 g/mol. The number of carbonyl (C=O) groups is 2. The van der Waals surface area contributed by atoms with Crippen molar-refractivity contribution in [2.45, 2.75) is 13.0 Å². The van der Waals surface area contributed by atoms with Crippen LogP contribution in [0.3, 0.4) is 0 Å². The van der Waals surface area contributed by atoms with Crippen LogP contribution in [0.1, 0.15) is 22.3 Å². The van der Waals surface area contributed by atoms with Crippen LogP contribution in [0.5, 0.6) is 0 Å². The lowest BCUT2D eigenvalue weighted by atomic mass is 10.1. The second kappa shape index (κ2) is 9.94. The highest BCUT2D eigenvalue weighted by atomic mass is 19.1. The Morgan fingerprint density at radius 1 is 1.13 bits per heavy atom. The number of esters is 1. The molecule has 30 heavy (non-hydrogen) atoms. The molecule has 0 saturated carbocycles. The first-order valence-corrected chi connectivity index (χ1v) is 9.20. The standard InChI is InChI=1S/C23H18FN3O3/c24-20-10-7-18(8-11-20)23-19(15-27(26-23)14-4-13-25)9-12-22(29)30-16-21(28)17-5-2-1-3-6-17/h1-3,5-12,15H,4,14,16H2. The van der Waals surface area contributed by atoms with E-state index >= 15 is 0 Å². The molecule has 0 atom stereocenters. The summed E-state index contributed by atoms with van der Waals surface area (Å²) >= 11 is 0. The van der Waals surface area contributed by atoms with E-state index in [9.17, 15) is 14.0 Å². The fraction of sp³-hybridized carbons (Fsp3) is 0.130. The molecule has 1 heterocycles. The summed E-state index contributed by atoms with van der Waals surface area (Å²) in [5, 5.41) is 13.2. The summed E-state index contributed by atoms with van der Waals surface area (Å²) in [6.45, 7) is 0.0218. The highest BCUT2D eigenvalue weighted by Gasteiger charge is 2.11. The van der Waals surface area contributed by atoms with E-state index in [0.717, 1.165) is 0 Å². The van der Waals surface area contributed by atoms with Crippen LogP contribution in [0.4, 0.5) is 4.39 Å². The Labute approximate surface area is 172 Å². The zero-order chi connectivity index (χ0) is 21.3. The van der Waals surface area contributed by atoms with Crippen LogP contribution in [0, 0.1) is 17.1 Å². The summed E-state index contributed by atoms with van der Waals surface area (Å²) in [5.74, 6) is -1.34. The van der Waals surface area contributed by atoms with Crippen molar-refractivity contribution in [3.8, 4) is 17.3 Å². The van der Waals surface area contributed by atoms with E-state index in [2.05, 4.69) is 5.10 Å². The number of ketones is 1. The first kappa shape index (κ1) is 20.7. The molecule has 6 nitrogen and oxygen atoms in total. The quantitative estimate of drug-likeness (QED) is 0.322. The summed E-state index contributed by atoms with van der Waals surface area (Å²) in [6, 6.07) is 16.4. The van der Waals surface area contributed by atoms with E-state index < -0.39 is 5.97 Å². The lowest BCUT2D eigenvalue weighted by Gasteiger charge is -2.02. The van der Waals surface area contributed by atoms with Gasteiger partial charge in [0.15, 0.2) is 12.4 Å². The van der Waals surface area contributed by atoms with E-state index in [1.54, 1.807) is 53.3 Å². The van der Waals surface area contributed by atoms with Crippen molar-refractivity contribution in [2.75, 3.05) is 6.61 Å². The molecule has 0 aliphatic carbocycles. The van der Waals surface area contributed by atoms with E-state index in [0.29, 0.717) is 28.9 Å². The molecule has 0 unspecified atom stereocenters. The molecule has 1 aromatic heterocycles. The summed E-state index contributed by atoms with van der Waals surface area (Å²) in [5.41, 5.74) is 2.27. The predicted octanol–water partition coefficient (Wildman–Crippen LogP) is 4.04. The summed E-state index contributed by atoms with van der Waals surface area (Å²) in [6.07, 6.45) is 4.69. The number of hydrogen-bond acceptors (Lipinski definition) is 5. The largest absolute Gasteiger partial charge is 0.454 e. The second-order valence-corrected chi connectivity index (χ2v) is 6.34. The van der Waals surface area contributed by atoms with E-state index in [1.165, 1.54) is 24.3 Å². The Morgan fingerprint density at radius 3 is 2.57 bits per heavy atom. The third-order valence-corrected chi connectivity index (χ3v) is 4.20. The Bertz CT molecular complexity index is 1100. The van der Waals surface area contributed by atoms with Crippen molar-refractivity contribution >= 4 is 17.8 Å². The number of aromatic nitrogens is 2. The summed E-state index contributed by atoms with van der Waals surface area (Å²) < 4.78 is 19.8. The number of halogens is 1. The van der Waals surface area contributed by atoms with Crippen LogP contribution in [0.2, 0.25) is 0 Å². The zero-order valence-electron chi connectivity index (χ0n) is 16.0. The Kier molecular flexibility index (Phi) is 6.85. The van der Waals surface area contributed by atoms with Gasteiger partial charge in [0.05, 0.1) is 24.7 Å². The van der Waals surface area contributed by atoms with Gasteiger partial charge in [0.25, 0.3) is 0 Å². The van der Waals surface area contributed by atoms with Gasteiger partial charge < -0.3 is 4.74 Å². The third-order valence-electron chi connectivity index (χ3n) is 4.20. The fourth-order valence-electron chi connectivity index (χ4n) is 2.72. The predicted molar refractivity (Wildman–Crippen MR) is 109 cm³/mol. The number of carbonyl (C=O) groups excluding carboxylic acids is 2. The maximum Gasteiger partial charge on any atom is 0.331 e. The molecule has 0 bridgehead atoms. The maximum atomic E-state index is 13.2. The minimum absolute atomic E-state index is 0.275. The number of rotatable bonds is 8. The molecule has 0 aliphatic heterocycles. The minimum atomic E-state index is -0.672. The SMILES string of the molecule is N#CCCn1cc(C=CC(=O)OCC(=O)c2ccccc2)c(-c2ccc(F)cc2)n1. The van der Waals surface area contributed by atoms with Gasteiger partial charge >= 0.3 is 5.97 Å². The normalized spacial score (nSPS) is 10.7. The molecule has 0 N–H and O–H groups in total. The number of Topliss-reactive ketones (excluding diaryl/α,β-unsaturated/α-hetero) is 1. The lowest BCUT2D eigenvalue weighted by Crippen LogP contribution is -2.12. The molecule has 2 aromatic carbocycles. The molecule has 0 spiro atoms.